The van der Waals surface area contributed by atoms with Crippen molar-refractivity contribution in [2.24, 2.45) is 53.3 Å². The number of alkyl halides is 4. The number of aliphatic hydroxyl groups excluding tert-OH is 4. The number of hydrogen-bond donors (Lipinski definition) is 5. The summed E-state index contributed by atoms with van der Waals surface area (Å²) in [6, 6.07) is 31.3. The average molecular weight is 1730 g/mol. The Morgan fingerprint density at radius 1 is 0.500 bits per heavy atom. The summed E-state index contributed by atoms with van der Waals surface area (Å²) in [5.41, 5.74) is 4.29. The number of ether oxygens (including phenoxy) is 3. The summed E-state index contributed by atoms with van der Waals surface area (Å²) in [5, 5.41) is 49.3. The average Bonchev–Trinajstić information content (AvgIpc) is 1.63. The monoisotopic (exact) mass is 1730 g/mol. The number of methoxy groups -OCH3 is 3. The van der Waals surface area contributed by atoms with E-state index in [0.29, 0.717) is 56.5 Å². The molecule has 6 aromatic rings. The molecule has 23 heteroatoms. The van der Waals surface area contributed by atoms with E-state index in [4.69, 9.17) is 88.1 Å². The number of carboxylic acid groups (broad SMARTS) is 1. The van der Waals surface area contributed by atoms with Gasteiger partial charge < -0.3 is 44.2 Å². The Labute approximate surface area is 733 Å². The molecule has 0 aliphatic heterocycles. The van der Waals surface area contributed by atoms with Gasteiger partial charge in [-0.05, 0) is 260 Å². The SMILES string of the molecule is C.C#C[C@@H]1[C@@H](CCCc2ccc(C(=O)OC)s2)[C@H](Cl)C[C@H]1C.C#C[C@@H]1[C@@H](CCCc2ccc(C(=O)OC)s2)[C@H](Cl)C[C@H]1O.COC(=O)c1ccc(CCC[C@@H]2[C@@H](C#Cc3cccc(CCCO[Si](C)(C)C(C)(C)C)c3)[C@H](O)C[C@H]2Cl)s1.O=C(O)c1ccc(CCC[C@@H]2[C@@H](C#Cc3cccc(CCCO)c3)[C@H](O)C[C@H]2Cl)s1.[Ar]. The first-order chi connectivity index (χ1) is 52.5. The maximum atomic E-state index is 11.7. The van der Waals surface area contributed by atoms with Crippen molar-refractivity contribution in [1.82, 2.24) is 0 Å². The van der Waals surface area contributed by atoms with E-state index in [0.717, 1.165) is 147 Å². The van der Waals surface area contributed by atoms with E-state index in [2.05, 4.69) is 94.5 Å². The predicted molar refractivity (Wildman–Crippen MR) is 460 cm³/mol. The van der Waals surface area contributed by atoms with Crippen LogP contribution in [-0.4, -0.2) is 132 Å². The van der Waals surface area contributed by atoms with E-state index in [1.165, 1.54) is 77.1 Å². The van der Waals surface area contributed by atoms with Crippen LogP contribution in [0.3, 0.4) is 0 Å². The Balaban J connectivity index is 0.000000273. The standard InChI is InChI=1S/C31H43ClO4SSi.C24H27ClO4S.C17H21ClO2S.C16H19ClO3S.CH4.Ar/c1-31(2,3)38(5,6)36-19-9-12-22-10-7-11-23(20-22)15-17-26-25(27(32)21-28(26)33)14-8-13-24-16-18-29(37-24)30(34)35-4;25-21-15-22(27)20(11-9-17-5-1-4-16(14-17)6-3-13-26)19(21)8-2-7-18-10-12-23(30-18)24(28)29;1-4-13-11(2)10-15(18)14(13)7-5-6-12-8-9-16(21-12)17(19)20-3;1-3-11-12(13(17)9-14(11)18)6-4-5-10-7-8-15(21-10)16(19)20-2;;/h7,10-11,16,18,20,25-28,33H,8-9,12-14,19,21H2,1-6H3;1,4-5,10,12,14,19-22,26-27H,2-3,6-8,13,15H2,(H,28,29);1,8-9,11,13-15H,5-7,10H2,2-3H3;1,7-8,11-14,18H,4-6,9H2,2H3;1H4;/t25-,26-,27-,28-;19-,20-,21-,22-;11-,13+,14-,15-;11-,12-,13-,14-;;/m1111../s1. The summed E-state index contributed by atoms with van der Waals surface area (Å²) in [6.45, 7) is 14.6. The third-order valence-electron chi connectivity index (χ3n) is 21.9. The first-order valence-corrected chi connectivity index (χ1v) is 46.3. The molecule has 16 atom stereocenters. The van der Waals surface area contributed by atoms with Crippen LogP contribution in [-0.2, 0) is 57.2 Å². The molecule has 0 amide bonds. The van der Waals surface area contributed by atoms with E-state index in [1.807, 2.05) is 66.7 Å². The van der Waals surface area contributed by atoms with Gasteiger partial charge in [-0.15, -0.1) is 116 Å². The third-order valence-corrected chi connectivity index (χ3v) is 33.0. The molecule has 10 rings (SSSR count). The molecule has 4 fully saturated rings. The second-order valence-corrected chi connectivity index (χ2v) is 42.4. The Morgan fingerprint density at radius 2 is 0.839 bits per heavy atom. The van der Waals surface area contributed by atoms with Crippen molar-refractivity contribution in [3.05, 3.63) is 158 Å². The van der Waals surface area contributed by atoms with Crippen molar-refractivity contribution in [1.29, 1.82) is 0 Å². The number of terminal acetylenes is 2. The minimum Gasteiger partial charge on any atom is -0.477 e. The second kappa shape index (κ2) is 49.2. The van der Waals surface area contributed by atoms with Crippen LogP contribution in [0.5, 0.6) is 0 Å². The molecule has 2 aromatic carbocycles. The summed E-state index contributed by atoms with van der Waals surface area (Å²) in [7, 11) is 2.48. The maximum absolute atomic E-state index is 11.7. The second-order valence-electron chi connectivity index (χ2n) is 30.7. The van der Waals surface area contributed by atoms with E-state index < -0.39 is 32.6 Å². The molecule has 13 nitrogen and oxygen atoms in total. The van der Waals surface area contributed by atoms with Crippen LogP contribution in [0.2, 0.25) is 18.1 Å². The zero-order valence-corrected chi connectivity index (χ0v) is 73.2. The zero-order chi connectivity index (χ0) is 80.2. The van der Waals surface area contributed by atoms with Crippen molar-refractivity contribution < 1.29 is 101 Å². The van der Waals surface area contributed by atoms with Crippen molar-refractivity contribution >= 4 is 124 Å². The molecule has 112 heavy (non-hydrogen) atoms. The molecular weight excluding hydrogens is 1620 g/mol. The van der Waals surface area contributed by atoms with E-state index in [-0.39, 0.29) is 132 Å². The Bertz CT molecular complexity index is 4030. The number of carboxylic acids is 1. The Kier molecular flexibility index (Phi) is 43.3. The normalized spacial score (nSPS) is 24.2. The van der Waals surface area contributed by atoms with Crippen LogP contribution in [0.4, 0.5) is 0 Å². The van der Waals surface area contributed by atoms with Crippen molar-refractivity contribution in [2.75, 3.05) is 34.5 Å². The van der Waals surface area contributed by atoms with Crippen molar-refractivity contribution in [2.45, 2.75) is 221 Å². The Hall–Kier alpha value is -4.20. The molecule has 0 spiro atoms. The topological polar surface area (TPSA) is 206 Å². The first-order valence-electron chi connectivity index (χ1n) is 38.3. The molecule has 5 N–H and O–H groups in total. The van der Waals surface area contributed by atoms with Gasteiger partial charge in [-0.2, -0.15) is 0 Å². The third kappa shape index (κ3) is 30.0. The Morgan fingerprint density at radius 3 is 1.19 bits per heavy atom. The predicted octanol–water partition coefficient (Wildman–Crippen LogP) is 19.9. The minimum atomic E-state index is -1.71. The molecule has 0 unspecified atom stereocenters. The summed E-state index contributed by atoms with van der Waals surface area (Å²) in [4.78, 5) is 52.4. The number of rotatable bonds is 28. The van der Waals surface area contributed by atoms with Gasteiger partial charge in [0, 0.05) is 109 Å². The smallest absolute Gasteiger partial charge is 0.348 e. The van der Waals surface area contributed by atoms with Crippen LogP contribution in [0, 0.1) is 139 Å². The molecule has 0 radical (unpaired) electrons. The summed E-state index contributed by atoms with van der Waals surface area (Å²) >= 11 is 31.7. The van der Waals surface area contributed by atoms with Gasteiger partial charge in [0.25, 0.3) is 0 Å². The van der Waals surface area contributed by atoms with Gasteiger partial charge in [0.15, 0.2) is 8.32 Å². The van der Waals surface area contributed by atoms with Crippen LogP contribution in [0.25, 0.3) is 0 Å². The van der Waals surface area contributed by atoms with Gasteiger partial charge >= 0.3 is 23.9 Å². The fourth-order valence-corrected chi connectivity index (χ4v) is 21.6. The quantitative estimate of drug-likeness (QED) is 0.00775. The largest absolute Gasteiger partial charge is 0.477 e. The zero-order valence-electron chi connectivity index (χ0n) is 65.2. The summed E-state index contributed by atoms with van der Waals surface area (Å²) in [5.74, 6) is 18.3. The van der Waals surface area contributed by atoms with Crippen LogP contribution >= 0.6 is 91.8 Å². The number of benzene rings is 2. The molecule has 612 valence electrons. The molecular formula is C89H114ArCl4O13S4Si. The van der Waals surface area contributed by atoms with Gasteiger partial charge in [-0.1, -0.05) is 83.1 Å². The number of hydrogen-bond acceptors (Lipinski definition) is 16. The van der Waals surface area contributed by atoms with Gasteiger partial charge in [0.05, 0.1) is 57.4 Å². The van der Waals surface area contributed by atoms with Gasteiger partial charge in [-0.3, -0.25) is 0 Å². The van der Waals surface area contributed by atoms with E-state index in [9.17, 15) is 34.5 Å². The molecule has 4 aliphatic carbocycles. The number of esters is 3. The fourth-order valence-electron chi connectivity index (χ4n) is 14.8. The van der Waals surface area contributed by atoms with Crippen molar-refractivity contribution in [3.8, 4) is 48.4 Å². The van der Waals surface area contributed by atoms with E-state index >= 15 is 0 Å². The van der Waals surface area contributed by atoms with Gasteiger partial charge in [0.2, 0.25) is 0 Å². The van der Waals surface area contributed by atoms with Crippen molar-refractivity contribution in [3.63, 3.8) is 0 Å². The fraction of sp³-hybridized carbons (Fsp3) is 0.551. The van der Waals surface area contributed by atoms with E-state index in [1.54, 1.807) is 12.1 Å². The van der Waals surface area contributed by atoms with Crippen LogP contribution < -0.4 is 0 Å². The minimum absolute atomic E-state index is 0. The number of carbonyl (C=O) groups excluding carboxylic acids is 3. The molecule has 0 bridgehead atoms. The van der Waals surface area contributed by atoms with Gasteiger partial charge in [-0.25, -0.2) is 19.2 Å². The molecule has 4 aliphatic rings. The first kappa shape index (κ1) is 98.4. The summed E-state index contributed by atoms with van der Waals surface area (Å²) < 4.78 is 20.5. The summed E-state index contributed by atoms with van der Waals surface area (Å²) in [6.07, 6.45) is 26.9. The van der Waals surface area contributed by atoms with Crippen LogP contribution in [0.1, 0.15) is 205 Å². The number of aliphatic hydroxyl groups is 4. The maximum Gasteiger partial charge on any atom is 0.348 e. The number of aryl methyl sites for hydroxylation is 6. The number of aromatic carboxylic acids is 1. The number of halogens is 4. The van der Waals surface area contributed by atoms with Crippen LogP contribution in [0.15, 0.2) is 97.1 Å². The number of thiophene rings is 4. The number of carbonyl (C=O) groups is 4. The molecule has 4 saturated carbocycles. The van der Waals surface area contributed by atoms with Gasteiger partial charge in [0.1, 0.15) is 19.5 Å². The molecule has 4 aromatic heterocycles. The molecule has 0 saturated heterocycles. The molecule has 4 heterocycles.